The molecule has 1 atom stereocenters. The molecule has 0 rings (SSSR count). The second-order valence-corrected chi connectivity index (χ2v) is 5.25. The van der Waals surface area contributed by atoms with Gasteiger partial charge < -0.3 is 15.5 Å². The van der Waals surface area contributed by atoms with E-state index in [1.54, 1.807) is 0 Å². The average Bonchev–Trinajstić information content (AvgIpc) is 2.33. The first-order chi connectivity index (χ1) is 8.49. The molecule has 1 amide bonds. The van der Waals surface area contributed by atoms with Crippen molar-refractivity contribution in [2.45, 2.75) is 59.0 Å². The molecule has 0 spiro atoms. The molecule has 0 aromatic rings. The van der Waals surface area contributed by atoms with Crippen LogP contribution in [0.2, 0.25) is 0 Å². The number of nitrogens with zero attached hydrogens (tertiary/aromatic N) is 1. The van der Waals surface area contributed by atoms with Gasteiger partial charge in [0.15, 0.2) is 0 Å². The van der Waals surface area contributed by atoms with Gasteiger partial charge in [-0.3, -0.25) is 4.79 Å². The Kier molecular flexibility index (Phi) is 9.98. The summed E-state index contributed by atoms with van der Waals surface area (Å²) in [5, 5.41) is 6.22. The molecule has 0 aliphatic rings. The molecule has 0 aliphatic carbocycles. The van der Waals surface area contributed by atoms with Crippen molar-refractivity contribution in [3.8, 4) is 0 Å². The Morgan fingerprint density at radius 1 is 1.17 bits per heavy atom. The van der Waals surface area contributed by atoms with Crippen LogP contribution in [0.5, 0.6) is 0 Å². The third-order valence-corrected chi connectivity index (χ3v) is 3.27. The maximum absolute atomic E-state index is 11.7. The first-order valence-electron chi connectivity index (χ1n) is 7.20. The Labute approximate surface area is 113 Å². The highest BCUT2D eigenvalue weighted by atomic mass is 16.2. The van der Waals surface area contributed by atoms with Crippen LogP contribution in [0, 0.1) is 0 Å². The van der Waals surface area contributed by atoms with E-state index in [9.17, 15) is 4.79 Å². The van der Waals surface area contributed by atoms with E-state index < -0.39 is 0 Å². The molecule has 18 heavy (non-hydrogen) atoms. The minimum Gasteiger partial charge on any atom is -0.355 e. The maximum Gasteiger partial charge on any atom is 0.236 e. The van der Waals surface area contributed by atoms with Crippen molar-refractivity contribution < 1.29 is 4.79 Å². The summed E-state index contributed by atoms with van der Waals surface area (Å²) >= 11 is 0. The summed E-state index contributed by atoms with van der Waals surface area (Å²) in [4.78, 5) is 14.0. The van der Waals surface area contributed by atoms with Gasteiger partial charge in [-0.25, -0.2) is 0 Å². The predicted octanol–water partition coefficient (Wildman–Crippen LogP) is 1.61. The number of hydrogen-bond acceptors (Lipinski definition) is 3. The first-order valence-corrected chi connectivity index (χ1v) is 7.20. The van der Waals surface area contributed by atoms with Crippen molar-refractivity contribution in [2.24, 2.45) is 0 Å². The normalized spacial score (nSPS) is 13.1. The zero-order chi connectivity index (χ0) is 14.0. The maximum atomic E-state index is 11.7. The summed E-state index contributed by atoms with van der Waals surface area (Å²) in [6.45, 7) is 11.0. The summed E-state index contributed by atoms with van der Waals surface area (Å²) in [7, 11) is 2.10. The Morgan fingerprint density at radius 3 is 2.39 bits per heavy atom. The molecule has 0 heterocycles. The zero-order valence-corrected chi connectivity index (χ0v) is 12.8. The number of nitrogens with one attached hydrogen (secondary N) is 2. The molecule has 0 aliphatic heterocycles. The summed E-state index contributed by atoms with van der Waals surface area (Å²) in [6.07, 6.45) is 3.44. The Hall–Kier alpha value is -0.610. The molecule has 0 aromatic carbocycles. The van der Waals surface area contributed by atoms with E-state index in [-0.39, 0.29) is 11.9 Å². The molecule has 0 fully saturated rings. The SMILES string of the molecule is CCCCCNC(=O)C(C)NCCN(C)C(C)C. The summed E-state index contributed by atoms with van der Waals surface area (Å²) in [5.74, 6) is 0.110. The fraction of sp³-hybridized carbons (Fsp3) is 0.929. The van der Waals surface area contributed by atoms with Gasteiger partial charge in [0.05, 0.1) is 6.04 Å². The van der Waals surface area contributed by atoms with E-state index in [4.69, 9.17) is 0 Å². The molecule has 0 saturated heterocycles. The molecule has 0 aromatic heterocycles. The number of amides is 1. The van der Waals surface area contributed by atoms with Crippen molar-refractivity contribution in [3.05, 3.63) is 0 Å². The van der Waals surface area contributed by atoms with Gasteiger partial charge in [0.1, 0.15) is 0 Å². The van der Waals surface area contributed by atoms with Crippen molar-refractivity contribution in [1.82, 2.24) is 15.5 Å². The summed E-state index contributed by atoms with van der Waals surface area (Å²) < 4.78 is 0. The first kappa shape index (κ1) is 17.4. The highest BCUT2D eigenvalue weighted by Crippen LogP contribution is 1.93. The third kappa shape index (κ3) is 8.48. The molecular weight excluding hydrogens is 226 g/mol. The van der Waals surface area contributed by atoms with Gasteiger partial charge in [-0.15, -0.1) is 0 Å². The molecule has 0 radical (unpaired) electrons. The molecule has 108 valence electrons. The minimum absolute atomic E-state index is 0.104. The fourth-order valence-electron chi connectivity index (χ4n) is 1.55. The highest BCUT2D eigenvalue weighted by molar-refractivity contribution is 5.81. The molecule has 0 saturated carbocycles. The van der Waals surface area contributed by atoms with Gasteiger partial charge >= 0.3 is 0 Å². The number of unbranched alkanes of at least 4 members (excludes halogenated alkanes) is 2. The predicted molar refractivity (Wildman–Crippen MR) is 77.8 cm³/mol. The van der Waals surface area contributed by atoms with Gasteiger partial charge in [-0.1, -0.05) is 19.8 Å². The molecule has 4 nitrogen and oxygen atoms in total. The lowest BCUT2D eigenvalue weighted by Crippen LogP contribution is -2.45. The third-order valence-electron chi connectivity index (χ3n) is 3.27. The second-order valence-electron chi connectivity index (χ2n) is 5.25. The van der Waals surface area contributed by atoms with Crippen molar-refractivity contribution in [1.29, 1.82) is 0 Å². The van der Waals surface area contributed by atoms with E-state index in [1.807, 2.05) is 6.92 Å². The van der Waals surface area contributed by atoms with Crippen LogP contribution in [0.3, 0.4) is 0 Å². The number of hydrogen-bond donors (Lipinski definition) is 2. The molecule has 2 N–H and O–H groups in total. The Morgan fingerprint density at radius 2 is 1.83 bits per heavy atom. The molecule has 0 bridgehead atoms. The van der Waals surface area contributed by atoms with Crippen molar-refractivity contribution in [3.63, 3.8) is 0 Å². The number of carbonyl (C=O) groups excluding carboxylic acids is 1. The van der Waals surface area contributed by atoms with E-state index in [1.165, 1.54) is 12.8 Å². The van der Waals surface area contributed by atoms with Gasteiger partial charge in [-0.2, -0.15) is 0 Å². The molecule has 1 unspecified atom stereocenters. The van der Waals surface area contributed by atoms with Crippen molar-refractivity contribution in [2.75, 3.05) is 26.7 Å². The second kappa shape index (κ2) is 10.3. The number of rotatable bonds is 10. The van der Waals surface area contributed by atoms with Gasteiger partial charge in [0, 0.05) is 25.7 Å². The lowest BCUT2D eigenvalue weighted by atomic mass is 10.2. The minimum atomic E-state index is -0.104. The zero-order valence-electron chi connectivity index (χ0n) is 12.8. The number of likely N-dealkylation sites (N-methyl/N-ethyl adjacent to an activating group) is 1. The Balaban J connectivity index is 3.61. The van der Waals surface area contributed by atoms with Crippen LogP contribution in [-0.4, -0.2) is 49.6 Å². The molecular formula is C14H31N3O. The van der Waals surface area contributed by atoms with Crippen LogP contribution in [0.15, 0.2) is 0 Å². The summed E-state index contributed by atoms with van der Waals surface area (Å²) in [6, 6.07) is 0.442. The van der Waals surface area contributed by atoms with E-state index >= 15 is 0 Å². The van der Waals surface area contributed by atoms with E-state index in [2.05, 4.69) is 43.4 Å². The van der Waals surface area contributed by atoms with Crippen LogP contribution in [0.1, 0.15) is 47.0 Å². The largest absolute Gasteiger partial charge is 0.355 e. The molecule has 4 heteroatoms. The topological polar surface area (TPSA) is 44.4 Å². The quantitative estimate of drug-likeness (QED) is 0.584. The van der Waals surface area contributed by atoms with Gasteiger partial charge in [0.25, 0.3) is 0 Å². The van der Waals surface area contributed by atoms with Crippen molar-refractivity contribution >= 4 is 5.91 Å². The standard InChI is InChI=1S/C14H31N3O/c1-6-7-8-9-16-14(18)13(4)15-10-11-17(5)12(2)3/h12-13,15H,6-11H2,1-5H3,(H,16,18). The number of carbonyl (C=O) groups is 1. The van der Waals surface area contributed by atoms with Crippen LogP contribution in [0.25, 0.3) is 0 Å². The fourth-order valence-corrected chi connectivity index (χ4v) is 1.55. The van der Waals surface area contributed by atoms with Crippen LogP contribution >= 0.6 is 0 Å². The van der Waals surface area contributed by atoms with Gasteiger partial charge in [-0.05, 0) is 34.2 Å². The average molecular weight is 257 g/mol. The van der Waals surface area contributed by atoms with Crippen LogP contribution in [0.4, 0.5) is 0 Å². The van der Waals surface area contributed by atoms with Crippen LogP contribution in [-0.2, 0) is 4.79 Å². The van der Waals surface area contributed by atoms with E-state index in [0.29, 0.717) is 6.04 Å². The lowest BCUT2D eigenvalue weighted by molar-refractivity contribution is -0.122. The van der Waals surface area contributed by atoms with Gasteiger partial charge in [0.2, 0.25) is 5.91 Å². The smallest absolute Gasteiger partial charge is 0.236 e. The Bertz CT molecular complexity index is 219. The monoisotopic (exact) mass is 257 g/mol. The highest BCUT2D eigenvalue weighted by Gasteiger charge is 2.11. The lowest BCUT2D eigenvalue weighted by Gasteiger charge is -2.22. The summed E-state index contributed by atoms with van der Waals surface area (Å²) in [5.41, 5.74) is 0. The van der Waals surface area contributed by atoms with E-state index in [0.717, 1.165) is 26.1 Å². The van der Waals surface area contributed by atoms with Crippen LogP contribution < -0.4 is 10.6 Å².